The molecule has 116 valence electrons. The van der Waals surface area contributed by atoms with Crippen LogP contribution in [0.2, 0.25) is 0 Å². The molecule has 1 N–H and O–H groups in total. The molecule has 1 amide bonds. The number of hydrogen-bond donors (Lipinski definition) is 1. The van der Waals surface area contributed by atoms with E-state index in [1.54, 1.807) is 6.07 Å². The highest BCUT2D eigenvalue weighted by Gasteiger charge is 2.22. The number of methoxy groups -OCH3 is 1. The first-order valence-corrected chi connectivity index (χ1v) is 7.35. The maximum Gasteiger partial charge on any atom is 0.248 e. The molecular weight excluding hydrogens is 271 g/mol. The smallest absolute Gasteiger partial charge is 0.248 e. The number of piperidine rings is 1. The average Bonchev–Trinajstić information content (AvgIpc) is 2.47. The summed E-state index contributed by atoms with van der Waals surface area (Å²) in [6, 6.07) is 5.29. The molecule has 0 aliphatic carbocycles. The van der Waals surface area contributed by atoms with Gasteiger partial charge in [-0.05, 0) is 43.0 Å². The highest BCUT2D eigenvalue weighted by atomic mass is 19.1. The zero-order chi connectivity index (χ0) is 15.2. The lowest BCUT2D eigenvalue weighted by Gasteiger charge is -2.32. The Morgan fingerprint density at radius 1 is 1.43 bits per heavy atom. The fourth-order valence-corrected chi connectivity index (χ4v) is 2.66. The van der Waals surface area contributed by atoms with Gasteiger partial charge in [-0.15, -0.1) is 0 Å². The summed E-state index contributed by atoms with van der Waals surface area (Å²) >= 11 is 0. The van der Waals surface area contributed by atoms with Crippen molar-refractivity contribution in [1.29, 1.82) is 0 Å². The van der Waals surface area contributed by atoms with Crippen molar-refractivity contribution in [2.24, 2.45) is 0 Å². The van der Waals surface area contributed by atoms with Crippen molar-refractivity contribution >= 4 is 5.91 Å². The van der Waals surface area contributed by atoms with Gasteiger partial charge in [-0.25, -0.2) is 4.39 Å². The summed E-state index contributed by atoms with van der Waals surface area (Å²) in [7, 11) is 1.54. The van der Waals surface area contributed by atoms with E-state index >= 15 is 0 Å². The van der Waals surface area contributed by atoms with Crippen molar-refractivity contribution in [2.75, 3.05) is 26.8 Å². The van der Waals surface area contributed by atoms with Gasteiger partial charge in [-0.2, -0.15) is 0 Å². The van der Waals surface area contributed by atoms with E-state index in [0.717, 1.165) is 43.6 Å². The number of rotatable bonds is 5. The van der Waals surface area contributed by atoms with Gasteiger partial charge in [0.15, 0.2) is 0 Å². The van der Waals surface area contributed by atoms with Gasteiger partial charge in [0.25, 0.3) is 0 Å². The molecule has 21 heavy (non-hydrogen) atoms. The summed E-state index contributed by atoms with van der Waals surface area (Å²) in [5, 5.41) is 3.50. The Bertz CT molecular complexity index is 485. The molecule has 1 fully saturated rings. The second-order valence-electron chi connectivity index (χ2n) is 5.54. The van der Waals surface area contributed by atoms with Crippen LogP contribution < -0.4 is 5.32 Å². The summed E-state index contributed by atoms with van der Waals surface area (Å²) in [6.45, 7) is 4.35. The van der Waals surface area contributed by atoms with Crippen LogP contribution in [0.1, 0.15) is 24.0 Å². The van der Waals surface area contributed by atoms with Gasteiger partial charge in [-0.1, -0.05) is 6.07 Å². The second-order valence-corrected chi connectivity index (χ2v) is 5.54. The average molecular weight is 294 g/mol. The lowest BCUT2D eigenvalue weighted by atomic mass is 10.0. The Morgan fingerprint density at radius 3 is 2.76 bits per heavy atom. The quantitative estimate of drug-likeness (QED) is 0.901. The third-order valence-corrected chi connectivity index (χ3v) is 4.00. The largest absolute Gasteiger partial charge is 0.375 e. The zero-order valence-corrected chi connectivity index (χ0v) is 12.7. The van der Waals surface area contributed by atoms with Crippen molar-refractivity contribution in [2.45, 2.75) is 32.4 Å². The number of carbonyl (C=O) groups is 1. The number of halogens is 1. The van der Waals surface area contributed by atoms with Gasteiger partial charge in [0.05, 0.1) is 0 Å². The maximum absolute atomic E-state index is 13.1. The molecule has 1 aromatic rings. The molecule has 0 aromatic heterocycles. The van der Waals surface area contributed by atoms with E-state index in [-0.39, 0.29) is 18.3 Å². The molecule has 1 saturated heterocycles. The number of likely N-dealkylation sites (tertiary alicyclic amines) is 1. The predicted octanol–water partition coefficient (Wildman–Crippen LogP) is 1.86. The summed E-state index contributed by atoms with van der Waals surface area (Å²) in [5.74, 6) is -0.133. The first-order valence-electron chi connectivity index (χ1n) is 7.35. The Balaban J connectivity index is 1.77. The molecule has 1 aliphatic rings. The number of nitrogens with one attached hydrogen (secondary N) is 1. The van der Waals surface area contributed by atoms with Crippen LogP contribution in [0.3, 0.4) is 0 Å². The Kier molecular flexibility index (Phi) is 5.70. The molecule has 0 radical (unpaired) electrons. The minimum Gasteiger partial charge on any atom is -0.375 e. The highest BCUT2D eigenvalue weighted by molar-refractivity contribution is 5.77. The third-order valence-electron chi connectivity index (χ3n) is 4.00. The molecule has 0 saturated carbocycles. The van der Waals surface area contributed by atoms with Crippen molar-refractivity contribution in [3.63, 3.8) is 0 Å². The SMILES string of the molecule is COCC(=O)N1CCC(NCc2ccc(F)cc2C)CC1. The normalized spacial score (nSPS) is 16.2. The second kappa shape index (κ2) is 7.52. The van der Waals surface area contributed by atoms with Gasteiger partial charge in [0, 0.05) is 32.8 Å². The van der Waals surface area contributed by atoms with Crippen LogP contribution in [-0.2, 0) is 16.1 Å². The number of ether oxygens (including phenoxy) is 1. The first kappa shape index (κ1) is 15.9. The van der Waals surface area contributed by atoms with Crippen LogP contribution in [0.5, 0.6) is 0 Å². The fourth-order valence-electron chi connectivity index (χ4n) is 2.66. The molecule has 1 aromatic carbocycles. The lowest BCUT2D eigenvalue weighted by Crippen LogP contribution is -2.45. The molecule has 4 nitrogen and oxygen atoms in total. The minimum atomic E-state index is -0.193. The number of benzene rings is 1. The molecule has 1 heterocycles. The Labute approximate surface area is 125 Å². The minimum absolute atomic E-state index is 0.0605. The molecule has 1 aliphatic heterocycles. The van der Waals surface area contributed by atoms with Gasteiger partial charge < -0.3 is 15.0 Å². The summed E-state index contributed by atoms with van der Waals surface area (Å²) < 4.78 is 17.9. The summed E-state index contributed by atoms with van der Waals surface area (Å²) in [4.78, 5) is 13.6. The zero-order valence-electron chi connectivity index (χ0n) is 12.7. The van der Waals surface area contributed by atoms with Crippen molar-refractivity contribution in [1.82, 2.24) is 10.2 Å². The molecule has 2 rings (SSSR count). The fraction of sp³-hybridized carbons (Fsp3) is 0.562. The van der Waals surface area contributed by atoms with Crippen LogP contribution in [0.25, 0.3) is 0 Å². The van der Waals surface area contributed by atoms with Gasteiger partial charge >= 0.3 is 0 Å². The van der Waals surface area contributed by atoms with Crippen LogP contribution in [0.4, 0.5) is 4.39 Å². The van der Waals surface area contributed by atoms with Crippen molar-refractivity contribution in [3.05, 3.63) is 35.1 Å². The standard InChI is InChI=1S/C16H23FN2O2/c1-12-9-14(17)4-3-13(12)10-18-15-5-7-19(8-6-15)16(20)11-21-2/h3-4,9,15,18H,5-8,10-11H2,1-2H3. The van der Waals surface area contributed by atoms with Crippen LogP contribution in [0, 0.1) is 12.7 Å². The summed E-state index contributed by atoms with van der Waals surface area (Å²) in [5.41, 5.74) is 2.09. The molecule has 5 heteroatoms. The van der Waals surface area contributed by atoms with Crippen molar-refractivity contribution in [3.8, 4) is 0 Å². The van der Waals surface area contributed by atoms with E-state index in [1.165, 1.54) is 13.2 Å². The molecular formula is C16H23FN2O2. The Morgan fingerprint density at radius 2 is 2.14 bits per heavy atom. The summed E-state index contributed by atoms with van der Waals surface area (Å²) in [6.07, 6.45) is 1.88. The van der Waals surface area contributed by atoms with Crippen LogP contribution >= 0.6 is 0 Å². The van der Waals surface area contributed by atoms with E-state index < -0.39 is 0 Å². The van der Waals surface area contributed by atoms with E-state index in [1.807, 2.05) is 17.9 Å². The van der Waals surface area contributed by atoms with Crippen molar-refractivity contribution < 1.29 is 13.9 Å². The van der Waals surface area contributed by atoms with Crippen LogP contribution in [-0.4, -0.2) is 43.7 Å². The number of amides is 1. The monoisotopic (exact) mass is 294 g/mol. The maximum atomic E-state index is 13.1. The lowest BCUT2D eigenvalue weighted by molar-refractivity contribution is -0.136. The van der Waals surface area contributed by atoms with E-state index in [4.69, 9.17) is 4.74 Å². The van der Waals surface area contributed by atoms with E-state index in [0.29, 0.717) is 6.04 Å². The third kappa shape index (κ3) is 4.51. The molecule has 0 atom stereocenters. The molecule has 0 spiro atoms. The highest BCUT2D eigenvalue weighted by Crippen LogP contribution is 2.14. The van der Waals surface area contributed by atoms with Gasteiger partial charge in [-0.3, -0.25) is 4.79 Å². The van der Waals surface area contributed by atoms with E-state index in [2.05, 4.69) is 5.32 Å². The predicted molar refractivity (Wildman–Crippen MR) is 79.5 cm³/mol. The molecule has 0 bridgehead atoms. The number of hydrogen-bond acceptors (Lipinski definition) is 3. The topological polar surface area (TPSA) is 41.6 Å². The number of carbonyl (C=O) groups excluding carboxylic acids is 1. The Hall–Kier alpha value is -1.46. The first-order chi connectivity index (χ1) is 10.1. The van der Waals surface area contributed by atoms with E-state index in [9.17, 15) is 9.18 Å². The van der Waals surface area contributed by atoms with Gasteiger partial charge in [0.2, 0.25) is 5.91 Å². The number of nitrogens with zero attached hydrogens (tertiary/aromatic N) is 1. The number of aryl methyl sites for hydroxylation is 1. The van der Waals surface area contributed by atoms with Crippen LogP contribution in [0.15, 0.2) is 18.2 Å². The molecule has 0 unspecified atom stereocenters. The van der Waals surface area contributed by atoms with Gasteiger partial charge in [0.1, 0.15) is 12.4 Å².